The molecule has 158 valence electrons. The van der Waals surface area contributed by atoms with E-state index in [0.717, 1.165) is 37.8 Å². The molecule has 1 N–H and O–H groups in total. The monoisotopic (exact) mass is 404 g/mol. The van der Waals surface area contributed by atoms with Gasteiger partial charge in [-0.1, -0.05) is 67.8 Å². The third-order valence-corrected chi connectivity index (χ3v) is 6.94. The second kappa shape index (κ2) is 9.92. The van der Waals surface area contributed by atoms with Crippen LogP contribution < -0.4 is 10.2 Å². The van der Waals surface area contributed by atoms with E-state index in [1.54, 1.807) is 4.90 Å². The lowest BCUT2D eigenvalue weighted by Gasteiger charge is -2.46. The highest BCUT2D eigenvalue weighted by atomic mass is 16.2. The summed E-state index contributed by atoms with van der Waals surface area (Å²) in [6.07, 6.45) is 8.40. The van der Waals surface area contributed by atoms with Crippen LogP contribution in [0.3, 0.4) is 0 Å². The Bertz CT molecular complexity index is 823. The molecule has 1 aliphatic carbocycles. The molecule has 4 atom stereocenters. The summed E-state index contributed by atoms with van der Waals surface area (Å²) in [6.45, 7) is 0.684. The van der Waals surface area contributed by atoms with Crippen molar-refractivity contribution in [2.24, 2.45) is 11.8 Å². The number of amides is 2. The third-order valence-electron chi connectivity index (χ3n) is 6.94. The van der Waals surface area contributed by atoms with Crippen LogP contribution in [0, 0.1) is 11.8 Å². The van der Waals surface area contributed by atoms with Crippen molar-refractivity contribution in [3.63, 3.8) is 0 Å². The molecule has 0 bridgehead atoms. The fraction of sp³-hybridized carbons (Fsp3) is 0.462. The summed E-state index contributed by atoms with van der Waals surface area (Å²) in [7, 11) is 0. The number of rotatable bonds is 8. The van der Waals surface area contributed by atoms with Crippen LogP contribution in [0.2, 0.25) is 0 Å². The van der Waals surface area contributed by atoms with Crippen LogP contribution >= 0.6 is 0 Å². The van der Waals surface area contributed by atoms with Crippen molar-refractivity contribution in [3.05, 3.63) is 66.2 Å². The van der Waals surface area contributed by atoms with Crippen molar-refractivity contribution >= 4 is 18.0 Å². The Morgan fingerprint density at radius 3 is 2.37 bits per heavy atom. The first-order valence-corrected chi connectivity index (χ1v) is 11.4. The first kappa shape index (κ1) is 20.6. The first-order chi connectivity index (χ1) is 14.8. The average molecular weight is 405 g/mol. The molecule has 4 unspecified atom stereocenters. The van der Waals surface area contributed by atoms with E-state index in [4.69, 9.17) is 0 Å². The van der Waals surface area contributed by atoms with Crippen molar-refractivity contribution in [3.8, 4) is 0 Å². The van der Waals surface area contributed by atoms with Gasteiger partial charge >= 0.3 is 0 Å². The maximum atomic E-state index is 13.1. The summed E-state index contributed by atoms with van der Waals surface area (Å²) in [5.41, 5.74) is 2.24. The van der Waals surface area contributed by atoms with Crippen LogP contribution in [0.25, 0.3) is 0 Å². The highest BCUT2D eigenvalue weighted by molar-refractivity contribution is 5.81. The number of carbonyl (C=O) groups is 2. The SMILES string of the molecule is O=CN(CCCCC1C(=O)NC2CCCCC2C1c1ccccc1)c1ccccc1. The second-order valence-corrected chi connectivity index (χ2v) is 8.74. The molecular weight excluding hydrogens is 372 g/mol. The van der Waals surface area contributed by atoms with Gasteiger partial charge in [-0.25, -0.2) is 0 Å². The summed E-state index contributed by atoms with van der Waals surface area (Å²) in [4.78, 5) is 26.3. The zero-order valence-electron chi connectivity index (χ0n) is 17.6. The van der Waals surface area contributed by atoms with Crippen LogP contribution in [0.4, 0.5) is 5.69 Å². The Morgan fingerprint density at radius 1 is 0.933 bits per heavy atom. The number of nitrogens with zero attached hydrogens (tertiary/aromatic N) is 1. The van der Waals surface area contributed by atoms with E-state index >= 15 is 0 Å². The lowest BCUT2D eigenvalue weighted by Crippen LogP contribution is -2.54. The summed E-state index contributed by atoms with van der Waals surface area (Å²) in [5.74, 6) is 1.09. The molecule has 0 radical (unpaired) electrons. The van der Waals surface area contributed by atoms with Crippen molar-refractivity contribution < 1.29 is 9.59 Å². The summed E-state index contributed by atoms with van der Waals surface area (Å²) >= 11 is 0. The van der Waals surface area contributed by atoms with Crippen molar-refractivity contribution in [2.75, 3.05) is 11.4 Å². The predicted octanol–water partition coefficient (Wildman–Crippen LogP) is 4.91. The van der Waals surface area contributed by atoms with E-state index in [0.29, 0.717) is 24.4 Å². The third kappa shape index (κ3) is 4.58. The smallest absolute Gasteiger partial charge is 0.223 e. The van der Waals surface area contributed by atoms with Gasteiger partial charge in [0.15, 0.2) is 0 Å². The maximum absolute atomic E-state index is 13.1. The van der Waals surface area contributed by atoms with E-state index in [1.165, 1.54) is 24.8 Å². The molecule has 2 aliphatic rings. The molecule has 0 aromatic heterocycles. The number of para-hydroxylation sites is 1. The van der Waals surface area contributed by atoms with E-state index in [2.05, 4.69) is 35.6 Å². The van der Waals surface area contributed by atoms with Gasteiger partial charge in [0.2, 0.25) is 12.3 Å². The molecular formula is C26H32N2O2. The average Bonchev–Trinajstić information content (AvgIpc) is 2.80. The number of unbranched alkanes of at least 4 members (excludes halogenated alkanes) is 1. The molecule has 1 heterocycles. The van der Waals surface area contributed by atoms with Gasteiger partial charge in [0.05, 0.1) is 0 Å². The highest BCUT2D eigenvalue weighted by Crippen LogP contribution is 2.45. The lowest BCUT2D eigenvalue weighted by atomic mass is 9.65. The quantitative estimate of drug-likeness (QED) is 0.502. The van der Waals surface area contributed by atoms with Gasteiger partial charge in [0.1, 0.15) is 0 Å². The van der Waals surface area contributed by atoms with E-state index < -0.39 is 0 Å². The molecule has 4 rings (SSSR count). The van der Waals surface area contributed by atoms with E-state index in [-0.39, 0.29) is 11.8 Å². The number of anilines is 1. The fourth-order valence-corrected chi connectivity index (χ4v) is 5.49. The van der Waals surface area contributed by atoms with Gasteiger partial charge < -0.3 is 10.2 Å². The molecule has 0 spiro atoms. The molecule has 2 fully saturated rings. The van der Waals surface area contributed by atoms with Crippen molar-refractivity contribution in [2.45, 2.75) is 56.9 Å². The van der Waals surface area contributed by atoms with Crippen LogP contribution in [-0.2, 0) is 9.59 Å². The van der Waals surface area contributed by atoms with E-state index in [9.17, 15) is 9.59 Å². The molecule has 4 nitrogen and oxygen atoms in total. The van der Waals surface area contributed by atoms with Crippen molar-refractivity contribution in [1.29, 1.82) is 0 Å². The normalized spacial score (nSPS) is 25.8. The molecule has 1 saturated heterocycles. The van der Waals surface area contributed by atoms with Gasteiger partial charge in [-0.2, -0.15) is 0 Å². The van der Waals surface area contributed by atoms with Crippen LogP contribution in [0.15, 0.2) is 60.7 Å². The standard InChI is InChI=1S/C26H32N2O2/c29-19-28(21-13-5-2-6-14-21)18-10-9-16-23-25(20-11-3-1-4-12-20)22-15-7-8-17-24(22)27-26(23)30/h1-6,11-14,19,22-25H,7-10,15-18H2,(H,27,30). The number of benzene rings is 2. The Hall–Kier alpha value is -2.62. The van der Waals surface area contributed by atoms with E-state index in [1.807, 2.05) is 30.3 Å². The fourth-order valence-electron chi connectivity index (χ4n) is 5.49. The number of hydrogen-bond acceptors (Lipinski definition) is 2. The molecule has 1 saturated carbocycles. The lowest BCUT2D eigenvalue weighted by molar-refractivity contribution is -0.131. The Kier molecular flexibility index (Phi) is 6.83. The minimum absolute atomic E-state index is 0.0214. The van der Waals surface area contributed by atoms with Crippen LogP contribution in [0.1, 0.15) is 56.4 Å². The minimum Gasteiger partial charge on any atom is -0.353 e. The van der Waals surface area contributed by atoms with Gasteiger partial charge in [-0.15, -0.1) is 0 Å². The van der Waals surface area contributed by atoms with Crippen LogP contribution in [-0.4, -0.2) is 24.9 Å². The molecule has 1 aliphatic heterocycles. The Balaban J connectivity index is 1.42. The zero-order valence-corrected chi connectivity index (χ0v) is 17.6. The molecule has 2 aromatic rings. The molecule has 2 aromatic carbocycles. The number of carbonyl (C=O) groups excluding carboxylic acids is 2. The summed E-state index contributed by atoms with van der Waals surface area (Å²) in [6, 6.07) is 20.7. The molecule has 4 heteroatoms. The second-order valence-electron chi connectivity index (χ2n) is 8.74. The maximum Gasteiger partial charge on any atom is 0.223 e. The summed E-state index contributed by atoms with van der Waals surface area (Å²) in [5, 5.41) is 3.35. The van der Waals surface area contributed by atoms with Gasteiger partial charge in [0.25, 0.3) is 0 Å². The number of hydrogen-bond donors (Lipinski definition) is 1. The van der Waals surface area contributed by atoms with Gasteiger partial charge in [-0.3, -0.25) is 9.59 Å². The highest BCUT2D eigenvalue weighted by Gasteiger charge is 2.44. The zero-order chi connectivity index (χ0) is 20.8. The van der Waals surface area contributed by atoms with Gasteiger partial charge in [-0.05, 0) is 49.3 Å². The Labute approximate surface area is 179 Å². The van der Waals surface area contributed by atoms with Crippen LogP contribution in [0.5, 0.6) is 0 Å². The topological polar surface area (TPSA) is 49.4 Å². The molecule has 30 heavy (non-hydrogen) atoms. The predicted molar refractivity (Wildman–Crippen MR) is 120 cm³/mol. The van der Waals surface area contributed by atoms with Crippen molar-refractivity contribution in [1.82, 2.24) is 5.32 Å². The number of piperidine rings is 1. The van der Waals surface area contributed by atoms with Gasteiger partial charge in [0, 0.05) is 30.1 Å². The number of nitrogens with one attached hydrogen (secondary N) is 1. The first-order valence-electron chi connectivity index (χ1n) is 11.4. The minimum atomic E-state index is 0.0214. The Morgan fingerprint density at radius 2 is 1.63 bits per heavy atom. The largest absolute Gasteiger partial charge is 0.353 e. The summed E-state index contributed by atoms with van der Waals surface area (Å²) < 4.78 is 0. The number of fused-ring (bicyclic) bond motifs is 1. The molecule has 2 amide bonds.